The zero-order valence-electron chi connectivity index (χ0n) is 11.8. The largest absolute Gasteiger partial charge is 0.353 e. The molecule has 0 radical (unpaired) electrons. The van der Waals surface area contributed by atoms with E-state index in [4.69, 9.17) is 5.73 Å². The third kappa shape index (κ3) is 3.35. The van der Waals surface area contributed by atoms with Gasteiger partial charge < -0.3 is 11.1 Å². The second-order valence-corrected chi connectivity index (χ2v) is 5.71. The summed E-state index contributed by atoms with van der Waals surface area (Å²) < 4.78 is 0. The van der Waals surface area contributed by atoms with E-state index in [1.54, 1.807) is 0 Å². The topological polar surface area (TPSA) is 55.1 Å². The Bertz CT molecular complexity index is 412. The van der Waals surface area contributed by atoms with Crippen molar-refractivity contribution in [3.05, 3.63) is 35.9 Å². The average molecular weight is 260 g/mol. The van der Waals surface area contributed by atoms with Crippen LogP contribution in [-0.2, 0) is 4.79 Å². The lowest BCUT2D eigenvalue weighted by atomic mass is 9.83. The molecule has 2 atom stereocenters. The predicted molar refractivity (Wildman–Crippen MR) is 77.8 cm³/mol. The zero-order chi connectivity index (χ0) is 13.8. The van der Waals surface area contributed by atoms with Crippen LogP contribution in [-0.4, -0.2) is 18.0 Å². The molecular formula is C16H24N2O. The Labute approximate surface area is 115 Å². The van der Waals surface area contributed by atoms with Crippen molar-refractivity contribution in [3.8, 4) is 0 Å². The van der Waals surface area contributed by atoms with Crippen LogP contribution in [0.1, 0.15) is 44.6 Å². The average Bonchev–Trinajstić information content (AvgIpc) is 2.38. The van der Waals surface area contributed by atoms with Crippen LogP contribution in [0.4, 0.5) is 0 Å². The Kier molecular flexibility index (Phi) is 4.59. The first-order valence-electron chi connectivity index (χ1n) is 7.22. The molecule has 0 spiro atoms. The number of hydrogen-bond donors (Lipinski definition) is 2. The third-order valence-corrected chi connectivity index (χ3v) is 4.18. The van der Waals surface area contributed by atoms with Crippen molar-refractivity contribution in [3.63, 3.8) is 0 Å². The van der Waals surface area contributed by atoms with E-state index in [-0.39, 0.29) is 23.9 Å². The molecule has 0 bridgehead atoms. The minimum atomic E-state index is -0.0528. The number of amides is 1. The van der Waals surface area contributed by atoms with Crippen molar-refractivity contribution < 1.29 is 4.79 Å². The summed E-state index contributed by atoms with van der Waals surface area (Å²) in [7, 11) is 0. The molecule has 3 heteroatoms. The molecule has 0 saturated heterocycles. The first-order chi connectivity index (χ1) is 9.11. The van der Waals surface area contributed by atoms with Gasteiger partial charge in [-0.2, -0.15) is 0 Å². The molecule has 0 aromatic heterocycles. The van der Waals surface area contributed by atoms with Gasteiger partial charge in [-0.25, -0.2) is 0 Å². The summed E-state index contributed by atoms with van der Waals surface area (Å²) in [6.45, 7) is 4.27. The number of carbonyl (C=O) groups excluding carboxylic acids is 1. The van der Waals surface area contributed by atoms with Crippen LogP contribution in [0, 0.1) is 5.92 Å². The summed E-state index contributed by atoms with van der Waals surface area (Å²) in [5, 5.41) is 3.14. The van der Waals surface area contributed by atoms with E-state index in [0.717, 1.165) is 24.8 Å². The van der Waals surface area contributed by atoms with E-state index >= 15 is 0 Å². The molecule has 0 heterocycles. The van der Waals surface area contributed by atoms with Gasteiger partial charge in [0.05, 0.1) is 5.92 Å². The van der Waals surface area contributed by atoms with Crippen molar-refractivity contribution in [2.75, 3.05) is 0 Å². The van der Waals surface area contributed by atoms with Gasteiger partial charge in [0.25, 0.3) is 0 Å². The molecule has 19 heavy (non-hydrogen) atoms. The lowest BCUT2D eigenvalue weighted by molar-refractivity contribution is -0.125. The number of hydrogen-bond acceptors (Lipinski definition) is 2. The van der Waals surface area contributed by atoms with E-state index in [1.807, 2.05) is 30.3 Å². The van der Waals surface area contributed by atoms with Crippen molar-refractivity contribution in [1.29, 1.82) is 0 Å². The van der Waals surface area contributed by atoms with Crippen molar-refractivity contribution in [2.24, 2.45) is 11.7 Å². The predicted octanol–water partition coefficient (Wildman–Crippen LogP) is 2.42. The van der Waals surface area contributed by atoms with E-state index < -0.39 is 0 Å². The number of nitrogens with one attached hydrogen (secondary N) is 1. The van der Waals surface area contributed by atoms with E-state index in [0.29, 0.717) is 5.92 Å². The molecule has 1 aliphatic carbocycles. The monoisotopic (exact) mass is 260 g/mol. The van der Waals surface area contributed by atoms with Crippen molar-refractivity contribution in [1.82, 2.24) is 5.32 Å². The smallest absolute Gasteiger partial charge is 0.228 e. The Morgan fingerprint density at radius 2 is 2.00 bits per heavy atom. The van der Waals surface area contributed by atoms with Crippen molar-refractivity contribution >= 4 is 5.91 Å². The molecule has 1 saturated carbocycles. The summed E-state index contributed by atoms with van der Waals surface area (Å²) in [5.41, 5.74) is 6.88. The van der Waals surface area contributed by atoms with Crippen LogP contribution in [0.5, 0.6) is 0 Å². The Morgan fingerprint density at radius 3 is 2.53 bits per heavy atom. The summed E-state index contributed by atoms with van der Waals surface area (Å²) in [5.74, 6) is 0.441. The van der Waals surface area contributed by atoms with Crippen LogP contribution >= 0.6 is 0 Å². The summed E-state index contributed by atoms with van der Waals surface area (Å²) in [6, 6.07) is 10.6. The zero-order valence-corrected chi connectivity index (χ0v) is 11.8. The molecule has 3 N–H and O–H groups in total. The van der Waals surface area contributed by atoms with Gasteiger partial charge in [-0.3, -0.25) is 4.79 Å². The molecule has 1 fully saturated rings. The van der Waals surface area contributed by atoms with Crippen molar-refractivity contribution in [2.45, 2.75) is 51.1 Å². The molecule has 2 rings (SSSR count). The first kappa shape index (κ1) is 14.1. The third-order valence-electron chi connectivity index (χ3n) is 4.18. The Morgan fingerprint density at radius 1 is 1.37 bits per heavy atom. The summed E-state index contributed by atoms with van der Waals surface area (Å²) in [4.78, 5) is 12.5. The fraction of sp³-hybridized carbons (Fsp3) is 0.562. The highest BCUT2D eigenvalue weighted by Gasteiger charge is 2.32. The molecule has 1 aromatic carbocycles. The van der Waals surface area contributed by atoms with Crippen LogP contribution in [0.3, 0.4) is 0 Å². The fourth-order valence-electron chi connectivity index (χ4n) is 2.71. The van der Waals surface area contributed by atoms with E-state index in [1.165, 1.54) is 0 Å². The Balaban J connectivity index is 2.07. The van der Waals surface area contributed by atoms with Gasteiger partial charge >= 0.3 is 0 Å². The molecule has 1 aromatic rings. The van der Waals surface area contributed by atoms with Gasteiger partial charge in [-0.05, 0) is 24.3 Å². The van der Waals surface area contributed by atoms with Gasteiger partial charge in [0.1, 0.15) is 0 Å². The number of nitrogens with two attached hydrogens (primary N) is 1. The molecule has 104 valence electrons. The quantitative estimate of drug-likeness (QED) is 0.854. The van der Waals surface area contributed by atoms with E-state index in [2.05, 4.69) is 19.2 Å². The lowest BCUT2D eigenvalue weighted by Crippen LogP contribution is -2.51. The van der Waals surface area contributed by atoms with Gasteiger partial charge in [0, 0.05) is 12.1 Å². The molecule has 2 unspecified atom stereocenters. The molecule has 1 aliphatic rings. The summed E-state index contributed by atoms with van der Waals surface area (Å²) in [6.07, 6.45) is 2.82. The maximum Gasteiger partial charge on any atom is 0.228 e. The lowest BCUT2D eigenvalue weighted by Gasteiger charge is -2.35. The van der Waals surface area contributed by atoms with Crippen LogP contribution < -0.4 is 11.1 Å². The Hall–Kier alpha value is -1.35. The number of rotatable bonds is 5. The first-order valence-corrected chi connectivity index (χ1v) is 7.22. The van der Waals surface area contributed by atoms with Crippen LogP contribution in [0.2, 0.25) is 0 Å². The highest BCUT2D eigenvalue weighted by Crippen LogP contribution is 2.28. The summed E-state index contributed by atoms with van der Waals surface area (Å²) >= 11 is 0. The maximum atomic E-state index is 12.5. The normalized spacial score (nSPS) is 25.2. The minimum Gasteiger partial charge on any atom is -0.353 e. The van der Waals surface area contributed by atoms with E-state index in [9.17, 15) is 4.79 Å². The molecular weight excluding hydrogens is 236 g/mol. The molecule has 0 aliphatic heterocycles. The SMILES string of the molecule is CCC(C)C(C(=O)NC1CC(N)C1)c1ccccc1. The van der Waals surface area contributed by atoms with Gasteiger partial charge in [-0.1, -0.05) is 50.6 Å². The second-order valence-electron chi connectivity index (χ2n) is 5.71. The van der Waals surface area contributed by atoms with Crippen LogP contribution in [0.25, 0.3) is 0 Å². The minimum absolute atomic E-state index is 0.0528. The van der Waals surface area contributed by atoms with Crippen LogP contribution in [0.15, 0.2) is 30.3 Å². The standard InChI is InChI=1S/C16H24N2O/c1-3-11(2)15(12-7-5-4-6-8-12)16(19)18-14-9-13(17)10-14/h4-8,11,13-15H,3,9-10,17H2,1-2H3,(H,18,19). The highest BCUT2D eigenvalue weighted by molar-refractivity contribution is 5.84. The van der Waals surface area contributed by atoms with Gasteiger partial charge in [0.2, 0.25) is 5.91 Å². The fourth-order valence-corrected chi connectivity index (χ4v) is 2.71. The number of benzene rings is 1. The number of carbonyl (C=O) groups is 1. The molecule has 1 amide bonds. The highest BCUT2D eigenvalue weighted by atomic mass is 16.2. The van der Waals surface area contributed by atoms with Gasteiger partial charge in [-0.15, -0.1) is 0 Å². The van der Waals surface area contributed by atoms with Gasteiger partial charge in [0.15, 0.2) is 0 Å². The molecule has 3 nitrogen and oxygen atoms in total. The maximum absolute atomic E-state index is 12.5. The second kappa shape index (κ2) is 6.20.